The highest BCUT2D eigenvalue weighted by Gasteiger charge is 2.17. The lowest BCUT2D eigenvalue weighted by atomic mass is 10.0. The minimum Gasteiger partial charge on any atom is -0.360 e. The van der Waals surface area contributed by atoms with Gasteiger partial charge in [-0.05, 0) is 24.3 Å². The highest BCUT2D eigenvalue weighted by Crippen LogP contribution is 2.24. The van der Waals surface area contributed by atoms with E-state index in [1.54, 1.807) is 36.4 Å². The van der Waals surface area contributed by atoms with E-state index in [4.69, 9.17) is 0 Å². The van der Waals surface area contributed by atoms with Gasteiger partial charge in [0.05, 0.1) is 16.8 Å². The molecular formula is C26H18N4O3. The Morgan fingerprint density at radius 2 is 1.36 bits per heavy atom. The van der Waals surface area contributed by atoms with Crippen LogP contribution in [0.3, 0.4) is 0 Å². The maximum absolute atomic E-state index is 13.0. The van der Waals surface area contributed by atoms with Gasteiger partial charge in [-0.25, -0.2) is 4.98 Å². The number of carbonyl (C=O) groups excluding carboxylic acids is 2. The Morgan fingerprint density at radius 3 is 2.15 bits per heavy atom. The van der Waals surface area contributed by atoms with Gasteiger partial charge in [0.25, 0.3) is 11.8 Å². The van der Waals surface area contributed by atoms with Crippen LogP contribution in [0.15, 0.2) is 95.9 Å². The number of hydrogen-bond acceptors (Lipinski definition) is 4. The normalized spacial score (nSPS) is 10.8. The number of hydrogen-bond donors (Lipinski definition) is 3. The highest BCUT2D eigenvalue weighted by atomic mass is 16.2. The second kappa shape index (κ2) is 8.39. The zero-order chi connectivity index (χ0) is 22.8. The molecule has 0 radical (unpaired) electrons. The van der Waals surface area contributed by atoms with E-state index < -0.39 is 17.2 Å². The third-order valence-corrected chi connectivity index (χ3v) is 5.35. The molecule has 0 bridgehead atoms. The molecule has 33 heavy (non-hydrogen) atoms. The van der Waals surface area contributed by atoms with Crippen molar-refractivity contribution in [3.05, 3.63) is 112 Å². The predicted octanol–water partition coefficient (Wildman–Crippen LogP) is 3.82. The first-order chi connectivity index (χ1) is 16.1. The lowest BCUT2D eigenvalue weighted by molar-refractivity contribution is 0.0847. The van der Waals surface area contributed by atoms with Gasteiger partial charge < -0.3 is 4.98 Å². The number of hydrazine groups is 1. The van der Waals surface area contributed by atoms with Gasteiger partial charge in [0.1, 0.15) is 5.56 Å². The molecule has 0 saturated carbocycles. The molecule has 5 aromatic rings. The van der Waals surface area contributed by atoms with E-state index in [-0.39, 0.29) is 5.56 Å². The van der Waals surface area contributed by atoms with Gasteiger partial charge in [-0.15, -0.1) is 0 Å². The van der Waals surface area contributed by atoms with Crippen LogP contribution in [0.5, 0.6) is 0 Å². The summed E-state index contributed by atoms with van der Waals surface area (Å²) in [5, 5.41) is 1.04. The van der Waals surface area contributed by atoms with E-state index in [9.17, 15) is 14.4 Å². The molecule has 2 aromatic heterocycles. The van der Waals surface area contributed by atoms with Crippen molar-refractivity contribution in [3.8, 4) is 11.3 Å². The molecule has 0 saturated heterocycles. The van der Waals surface area contributed by atoms with Crippen molar-refractivity contribution in [2.75, 3.05) is 0 Å². The number of fused-ring (bicyclic) bond motifs is 2. The number of rotatable bonds is 3. The van der Waals surface area contributed by atoms with Gasteiger partial charge in [0.15, 0.2) is 0 Å². The minimum atomic E-state index is -0.711. The van der Waals surface area contributed by atoms with Crippen molar-refractivity contribution in [1.82, 2.24) is 20.8 Å². The summed E-state index contributed by atoms with van der Waals surface area (Å²) in [5.41, 5.74) is 7.39. The SMILES string of the molecule is O=C(NNC(=O)c1cc(-c2ccccc2)nc2ccccc12)c1c[nH]c2ccccc2c1=O. The van der Waals surface area contributed by atoms with Crippen LogP contribution >= 0.6 is 0 Å². The van der Waals surface area contributed by atoms with E-state index in [0.29, 0.717) is 33.1 Å². The third-order valence-electron chi connectivity index (χ3n) is 5.35. The van der Waals surface area contributed by atoms with Crippen molar-refractivity contribution in [3.63, 3.8) is 0 Å². The quantitative estimate of drug-likeness (QED) is 0.376. The first kappa shape index (κ1) is 20.1. The number of benzene rings is 3. The summed E-state index contributed by atoms with van der Waals surface area (Å²) in [5.74, 6) is -1.23. The Morgan fingerprint density at radius 1 is 0.727 bits per heavy atom. The number of amides is 2. The number of pyridine rings is 2. The lowest BCUT2D eigenvalue weighted by Crippen LogP contribution is -2.43. The van der Waals surface area contributed by atoms with Gasteiger partial charge in [-0.2, -0.15) is 0 Å². The van der Waals surface area contributed by atoms with Crippen LogP contribution in [0.2, 0.25) is 0 Å². The average molecular weight is 434 g/mol. The van der Waals surface area contributed by atoms with Crippen LogP contribution in [0.25, 0.3) is 33.1 Å². The average Bonchev–Trinajstić information content (AvgIpc) is 2.87. The van der Waals surface area contributed by atoms with E-state index in [0.717, 1.165) is 5.56 Å². The molecule has 160 valence electrons. The molecule has 0 aliphatic heterocycles. The molecule has 0 fully saturated rings. The number of carbonyl (C=O) groups is 2. The first-order valence-electron chi connectivity index (χ1n) is 10.3. The number of para-hydroxylation sites is 2. The fourth-order valence-corrected chi connectivity index (χ4v) is 3.70. The fraction of sp³-hybridized carbons (Fsp3) is 0. The van der Waals surface area contributed by atoms with Crippen molar-refractivity contribution < 1.29 is 9.59 Å². The van der Waals surface area contributed by atoms with Gasteiger partial charge >= 0.3 is 0 Å². The van der Waals surface area contributed by atoms with Crippen LogP contribution < -0.4 is 16.3 Å². The van der Waals surface area contributed by atoms with Gasteiger partial charge in [-0.1, -0.05) is 60.7 Å². The molecule has 2 amide bonds. The zero-order valence-electron chi connectivity index (χ0n) is 17.3. The Labute approximate surface area is 188 Å². The van der Waals surface area contributed by atoms with E-state index in [1.807, 2.05) is 48.5 Å². The molecule has 3 aromatic carbocycles. The monoisotopic (exact) mass is 434 g/mol. The molecule has 0 spiro atoms. The Balaban J connectivity index is 1.44. The smallest absolute Gasteiger partial charge is 0.275 e. The summed E-state index contributed by atoms with van der Waals surface area (Å²) in [6.07, 6.45) is 1.33. The first-order valence-corrected chi connectivity index (χ1v) is 10.3. The zero-order valence-corrected chi connectivity index (χ0v) is 17.3. The van der Waals surface area contributed by atoms with Crippen molar-refractivity contribution in [2.45, 2.75) is 0 Å². The molecule has 0 aliphatic rings. The van der Waals surface area contributed by atoms with Crippen LogP contribution in [0, 0.1) is 0 Å². The number of nitrogens with one attached hydrogen (secondary N) is 3. The molecule has 2 heterocycles. The van der Waals surface area contributed by atoms with Crippen molar-refractivity contribution in [2.24, 2.45) is 0 Å². The predicted molar refractivity (Wildman–Crippen MR) is 127 cm³/mol. The second-order valence-electron chi connectivity index (χ2n) is 7.42. The summed E-state index contributed by atoms with van der Waals surface area (Å²) in [6.45, 7) is 0. The molecule has 3 N–H and O–H groups in total. The van der Waals surface area contributed by atoms with E-state index >= 15 is 0 Å². The number of aromatic nitrogens is 2. The Bertz CT molecular complexity index is 1580. The second-order valence-corrected chi connectivity index (χ2v) is 7.42. The molecule has 0 unspecified atom stereocenters. The van der Waals surface area contributed by atoms with Crippen LogP contribution in [-0.2, 0) is 0 Å². The van der Waals surface area contributed by atoms with E-state index in [1.165, 1.54) is 6.20 Å². The summed E-state index contributed by atoms with van der Waals surface area (Å²) >= 11 is 0. The molecule has 7 heteroatoms. The number of H-pyrrole nitrogens is 1. The molecule has 7 nitrogen and oxygen atoms in total. The maximum atomic E-state index is 13.0. The molecule has 5 rings (SSSR count). The van der Waals surface area contributed by atoms with Gasteiger partial charge in [0, 0.05) is 28.0 Å². The minimum absolute atomic E-state index is 0.0986. The number of aromatic amines is 1. The van der Waals surface area contributed by atoms with Crippen molar-refractivity contribution >= 4 is 33.6 Å². The third kappa shape index (κ3) is 3.83. The standard InChI is InChI=1S/C26H18N4O3/c31-24-18-11-5-6-12-21(18)27-15-20(24)26(33)30-29-25(32)19-14-23(16-8-2-1-3-9-16)28-22-13-7-4-10-17(19)22/h1-15H,(H,27,31)(H,29,32)(H,30,33). The Kier molecular flexibility index (Phi) is 5.12. The molecule has 0 atom stereocenters. The summed E-state index contributed by atoms with van der Waals surface area (Å²) < 4.78 is 0. The summed E-state index contributed by atoms with van der Waals surface area (Å²) in [4.78, 5) is 45.9. The topological polar surface area (TPSA) is 104 Å². The van der Waals surface area contributed by atoms with Crippen LogP contribution in [0.1, 0.15) is 20.7 Å². The van der Waals surface area contributed by atoms with Crippen molar-refractivity contribution in [1.29, 1.82) is 0 Å². The van der Waals surface area contributed by atoms with Crippen LogP contribution in [0.4, 0.5) is 0 Å². The lowest BCUT2D eigenvalue weighted by Gasteiger charge is -2.11. The number of nitrogens with zero attached hydrogens (tertiary/aromatic N) is 1. The summed E-state index contributed by atoms with van der Waals surface area (Å²) in [7, 11) is 0. The van der Waals surface area contributed by atoms with Crippen LogP contribution in [-0.4, -0.2) is 21.8 Å². The summed E-state index contributed by atoms with van der Waals surface area (Å²) in [6, 6.07) is 25.4. The largest absolute Gasteiger partial charge is 0.360 e. The maximum Gasteiger partial charge on any atom is 0.275 e. The van der Waals surface area contributed by atoms with Gasteiger partial charge in [-0.3, -0.25) is 25.2 Å². The molecular weight excluding hydrogens is 416 g/mol. The van der Waals surface area contributed by atoms with Gasteiger partial charge in [0.2, 0.25) is 5.43 Å². The van der Waals surface area contributed by atoms with E-state index in [2.05, 4.69) is 20.8 Å². The Hall–Kier alpha value is -4.78. The highest BCUT2D eigenvalue weighted by molar-refractivity contribution is 6.08. The molecule has 0 aliphatic carbocycles. The fourth-order valence-electron chi connectivity index (χ4n) is 3.70.